The third-order valence-corrected chi connectivity index (χ3v) is 9.93. The number of amides is 2. The van der Waals surface area contributed by atoms with E-state index in [1.807, 2.05) is 51.1 Å². The Kier molecular flexibility index (Phi) is 11.7. The molecule has 1 N–H and O–H groups in total. The molecule has 4 aromatic rings. The van der Waals surface area contributed by atoms with Gasteiger partial charge in [-0.1, -0.05) is 102 Å². The molecule has 2 atom stereocenters. The van der Waals surface area contributed by atoms with Crippen molar-refractivity contribution in [3.8, 4) is 0 Å². The molecule has 7 nitrogen and oxygen atoms in total. The smallest absolute Gasteiger partial charge is 0.264 e. The van der Waals surface area contributed by atoms with E-state index in [1.54, 1.807) is 60.7 Å². The van der Waals surface area contributed by atoms with Gasteiger partial charge in [-0.05, 0) is 67.8 Å². The van der Waals surface area contributed by atoms with Crippen LogP contribution in [0.3, 0.4) is 0 Å². The van der Waals surface area contributed by atoms with Gasteiger partial charge in [-0.25, -0.2) is 8.42 Å². The van der Waals surface area contributed by atoms with E-state index in [1.165, 1.54) is 17.0 Å². The number of rotatable bonds is 13. The first-order valence-corrected chi connectivity index (χ1v) is 16.9. The lowest BCUT2D eigenvalue weighted by Crippen LogP contribution is -2.54. The summed E-state index contributed by atoms with van der Waals surface area (Å²) in [6.07, 6.45) is 0.896. The predicted octanol–water partition coefficient (Wildman–Crippen LogP) is 7.05. The van der Waals surface area contributed by atoms with Gasteiger partial charge in [-0.2, -0.15) is 0 Å². The van der Waals surface area contributed by atoms with Crippen LogP contribution in [0.15, 0.2) is 108 Å². The third kappa shape index (κ3) is 8.87. The number of carbonyl (C=O) groups is 2. The quantitative estimate of drug-likeness (QED) is 0.166. The Morgan fingerprint density at radius 2 is 1.49 bits per heavy atom. The topological polar surface area (TPSA) is 86.8 Å². The molecule has 0 aliphatic carbocycles. The highest BCUT2D eigenvalue weighted by Gasteiger charge is 2.35. The van der Waals surface area contributed by atoms with E-state index in [4.69, 9.17) is 23.2 Å². The van der Waals surface area contributed by atoms with Crippen LogP contribution >= 0.6 is 23.2 Å². The molecule has 0 radical (unpaired) electrons. The zero-order valence-electron chi connectivity index (χ0n) is 25.5. The van der Waals surface area contributed by atoms with Crippen LogP contribution in [0, 0.1) is 6.92 Å². The van der Waals surface area contributed by atoms with Crippen LogP contribution in [0.5, 0.6) is 0 Å². The van der Waals surface area contributed by atoms with E-state index in [9.17, 15) is 18.0 Å². The minimum absolute atomic E-state index is 0.0426. The molecule has 10 heteroatoms. The minimum atomic E-state index is -4.17. The molecule has 0 heterocycles. The molecule has 0 fully saturated rings. The molecule has 0 saturated carbocycles. The van der Waals surface area contributed by atoms with Crippen molar-refractivity contribution in [2.75, 3.05) is 10.8 Å². The van der Waals surface area contributed by atoms with Crippen molar-refractivity contribution in [3.05, 3.63) is 130 Å². The lowest BCUT2D eigenvalue weighted by Gasteiger charge is -2.34. The number of halogens is 2. The largest absolute Gasteiger partial charge is 0.352 e. The highest BCUT2D eigenvalue weighted by Crippen LogP contribution is 2.27. The van der Waals surface area contributed by atoms with Crippen molar-refractivity contribution in [2.45, 2.75) is 57.1 Å². The fourth-order valence-corrected chi connectivity index (χ4v) is 6.69. The summed E-state index contributed by atoms with van der Waals surface area (Å²) in [5.74, 6) is -0.916. The average Bonchev–Trinajstić information content (AvgIpc) is 3.03. The van der Waals surface area contributed by atoms with Gasteiger partial charge in [0.2, 0.25) is 11.8 Å². The minimum Gasteiger partial charge on any atom is -0.352 e. The highest BCUT2D eigenvalue weighted by atomic mass is 35.5. The van der Waals surface area contributed by atoms with E-state index in [0.717, 1.165) is 15.4 Å². The van der Waals surface area contributed by atoms with Crippen molar-refractivity contribution in [3.63, 3.8) is 0 Å². The van der Waals surface area contributed by atoms with Crippen LogP contribution in [0.4, 0.5) is 5.69 Å². The SMILES string of the molecule is CC[C@@H](C)NC(=O)[C@H](Cc1ccccc1)N(Cc1ccc(Cl)cc1Cl)C(=O)CN(c1ccc(C)cc1)S(=O)(=O)c1ccccc1. The molecule has 2 amide bonds. The monoisotopic (exact) mass is 665 g/mol. The van der Waals surface area contributed by atoms with Crippen molar-refractivity contribution in [1.82, 2.24) is 10.2 Å². The number of hydrogen-bond acceptors (Lipinski definition) is 4. The third-order valence-electron chi connectivity index (χ3n) is 7.56. The summed E-state index contributed by atoms with van der Waals surface area (Å²) in [7, 11) is -4.17. The number of aryl methyl sites for hydroxylation is 1. The Balaban J connectivity index is 1.82. The zero-order valence-corrected chi connectivity index (χ0v) is 27.8. The molecule has 4 rings (SSSR count). The van der Waals surface area contributed by atoms with E-state index < -0.39 is 28.5 Å². The molecule has 4 aromatic carbocycles. The first kappa shape index (κ1) is 34.0. The maximum absolute atomic E-state index is 14.5. The maximum atomic E-state index is 14.5. The van der Waals surface area contributed by atoms with Crippen LogP contribution in [0.1, 0.15) is 37.0 Å². The van der Waals surface area contributed by atoms with Gasteiger partial charge in [-0.3, -0.25) is 13.9 Å². The van der Waals surface area contributed by atoms with Crippen molar-refractivity contribution >= 4 is 50.7 Å². The summed E-state index contributed by atoms with van der Waals surface area (Å²) in [6, 6.07) is 28.1. The van der Waals surface area contributed by atoms with Gasteiger partial charge in [0, 0.05) is 29.1 Å². The number of nitrogens with zero attached hydrogens (tertiary/aromatic N) is 2. The van der Waals surface area contributed by atoms with Crippen LogP contribution in [0.2, 0.25) is 10.0 Å². The number of carbonyl (C=O) groups excluding carboxylic acids is 2. The normalized spacial score (nSPS) is 12.6. The lowest BCUT2D eigenvalue weighted by atomic mass is 10.0. The summed E-state index contributed by atoms with van der Waals surface area (Å²) < 4.78 is 29.2. The molecular formula is C35H37Cl2N3O4S. The van der Waals surface area contributed by atoms with Gasteiger partial charge in [0.1, 0.15) is 12.6 Å². The van der Waals surface area contributed by atoms with Gasteiger partial charge in [0.05, 0.1) is 10.6 Å². The van der Waals surface area contributed by atoms with E-state index in [2.05, 4.69) is 5.32 Å². The van der Waals surface area contributed by atoms with Crippen molar-refractivity contribution in [2.24, 2.45) is 0 Å². The summed E-state index contributed by atoms with van der Waals surface area (Å²) in [6.45, 7) is 5.15. The lowest BCUT2D eigenvalue weighted by molar-refractivity contribution is -0.140. The summed E-state index contributed by atoms with van der Waals surface area (Å²) in [5.41, 5.74) is 2.67. The Morgan fingerprint density at radius 3 is 2.09 bits per heavy atom. The fraction of sp³-hybridized carbons (Fsp3) is 0.257. The number of hydrogen-bond donors (Lipinski definition) is 1. The van der Waals surface area contributed by atoms with Gasteiger partial charge >= 0.3 is 0 Å². The summed E-state index contributed by atoms with van der Waals surface area (Å²) in [5, 5.41) is 3.78. The van der Waals surface area contributed by atoms with E-state index >= 15 is 0 Å². The maximum Gasteiger partial charge on any atom is 0.264 e. The van der Waals surface area contributed by atoms with Crippen LogP contribution in [0.25, 0.3) is 0 Å². The molecule has 0 spiro atoms. The van der Waals surface area contributed by atoms with Gasteiger partial charge < -0.3 is 10.2 Å². The first-order valence-electron chi connectivity index (χ1n) is 14.7. The molecule has 236 valence electrons. The fourth-order valence-electron chi connectivity index (χ4n) is 4.79. The standard InChI is InChI=1S/C35H37Cl2N3O4S/c1-4-26(3)38-35(42)33(21-27-11-7-5-8-12-27)39(23-28-17-18-29(36)22-32(28)37)34(41)24-40(30-19-15-25(2)16-20-30)45(43,44)31-13-9-6-10-14-31/h5-20,22,26,33H,4,21,23-24H2,1-3H3,(H,38,42)/t26-,33+/m1/s1. The predicted molar refractivity (Wildman–Crippen MR) is 181 cm³/mol. The molecule has 0 aliphatic rings. The van der Waals surface area contributed by atoms with E-state index in [0.29, 0.717) is 27.7 Å². The molecule has 45 heavy (non-hydrogen) atoms. The molecule has 0 aliphatic heterocycles. The van der Waals surface area contributed by atoms with Gasteiger partial charge in [0.15, 0.2) is 0 Å². The van der Waals surface area contributed by atoms with Crippen molar-refractivity contribution < 1.29 is 18.0 Å². The first-order chi connectivity index (χ1) is 21.5. The molecule has 0 unspecified atom stereocenters. The number of anilines is 1. The van der Waals surface area contributed by atoms with Crippen molar-refractivity contribution in [1.29, 1.82) is 0 Å². The number of nitrogens with one attached hydrogen (secondary N) is 1. The van der Waals surface area contributed by atoms with Crippen LogP contribution in [-0.2, 0) is 32.6 Å². The van der Waals surface area contributed by atoms with E-state index in [-0.39, 0.29) is 29.8 Å². The highest BCUT2D eigenvalue weighted by molar-refractivity contribution is 7.92. The van der Waals surface area contributed by atoms with Crippen LogP contribution < -0.4 is 9.62 Å². The van der Waals surface area contributed by atoms with Gasteiger partial charge in [0.25, 0.3) is 10.0 Å². The second-order valence-corrected chi connectivity index (χ2v) is 13.6. The second-order valence-electron chi connectivity index (χ2n) is 10.9. The zero-order chi connectivity index (χ0) is 32.6. The summed E-state index contributed by atoms with van der Waals surface area (Å²) in [4.78, 5) is 29.9. The van der Waals surface area contributed by atoms with Gasteiger partial charge in [-0.15, -0.1) is 0 Å². The Bertz CT molecular complexity index is 1700. The second kappa shape index (κ2) is 15.4. The molecule has 0 bridgehead atoms. The average molecular weight is 667 g/mol. The number of benzene rings is 4. The Hall–Kier alpha value is -3.85. The molecule has 0 saturated heterocycles. The molecule has 0 aromatic heterocycles. The Morgan fingerprint density at radius 1 is 0.867 bits per heavy atom. The molecular weight excluding hydrogens is 629 g/mol. The number of sulfonamides is 1. The van der Waals surface area contributed by atoms with Crippen LogP contribution in [-0.4, -0.2) is 43.8 Å². The Labute approximate surface area is 275 Å². The summed E-state index contributed by atoms with van der Waals surface area (Å²) >= 11 is 12.7.